The summed E-state index contributed by atoms with van der Waals surface area (Å²) in [5.41, 5.74) is 2.47. The molecule has 0 fully saturated rings. The standard InChI is InChI=1S/C16H16FNO2/c1-11-7-15(19-2)16(20-3)8-12(11)10-18-14-6-4-5-13(17)9-14/h4-10H,1-3H3. The Hall–Kier alpha value is -2.36. The smallest absolute Gasteiger partial charge is 0.161 e. The number of aryl methyl sites for hydroxylation is 1. The maximum Gasteiger partial charge on any atom is 0.161 e. The summed E-state index contributed by atoms with van der Waals surface area (Å²) in [6.45, 7) is 1.95. The maximum absolute atomic E-state index is 13.1. The van der Waals surface area contributed by atoms with Crippen LogP contribution in [0.1, 0.15) is 11.1 Å². The Balaban J connectivity index is 2.33. The van der Waals surface area contributed by atoms with E-state index in [1.807, 2.05) is 19.1 Å². The minimum absolute atomic E-state index is 0.302. The van der Waals surface area contributed by atoms with Crippen molar-refractivity contribution in [3.05, 3.63) is 53.3 Å². The van der Waals surface area contributed by atoms with Gasteiger partial charge in [0.1, 0.15) is 5.82 Å². The highest BCUT2D eigenvalue weighted by Crippen LogP contribution is 2.29. The van der Waals surface area contributed by atoms with Crippen LogP contribution in [0.25, 0.3) is 0 Å². The van der Waals surface area contributed by atoms with E-state index in [1.54, 1.807) is 32.6 Å². The summed E-state index contributed by atoms with van der Waals surface area (Å²) in [5, 5.41) is 0. The van der Waals surface area contributed by atoms with Crippen LogP contribution < -0.4 is 9.47 Å². The predicted molar refractivity (Wildman–Crippen MR) is 77.9 cm³/mol. The van der Waals surface area contributed by atoms with E-state index < -0.39 is 0 Å². The average molecular weight is 273 g/mol. The number of methoxy groups -OCH3 is 2. The minimum atomic E-state index is -0.302. The third-order valence-electron chi connectivity index (χ3n) is 2.93. The van der Waals surface area contributed by atoms with Crippen LogP contribution in [0, 0.1) is 12.7 Å². The summed E-state index contributed by atoms with van der Waals surface area (Å²) < 4.78 is 23.6. The largest absolute Gasteiger partial charge is 0.493 e. The number of ether oxygens (including phenoxy) is 2. The zero-order valence-electron chi connectivity index (χ0n) is 11.7. The van der Waals surface area contributed by atoms with Crippen molar-refractivity contribution in [3.63, 3.8) is 0 Å². The molecule has 0 amide bonds. The molecular weight excluding hydrogens is 257 g/mol. The summed E-state index contributed by atoms with van der Waals surface area (Å²) in [5.74, 6) is 1.01. The molecular formula is C16H16FNO2. The molecule has 0 spiro atoms. The van der Waals surface area contributed by atoms with Crippen LogP contribution in [0.15, 0.2) is 41.4 Å². The predicted octanol–water partition coefficient (Wildman–Crippen LogP) is 3.90. The first-order chi connectivity index (χ1) is 9.63. The van der Waals surface area contributed by atoms with E-state index in [9.17, 15) is 4.39 Å². The van der Waals surface area contributed by atoms with Gasteiger partial charge in [0.15, 0.2) is 11.5 Å². The van der Waals surface area contributed by atoms with Crippen molar-refractivity contribution in [2.45, 2.75) is 6.92 Å². The second kappa shape index (κ2) is 6.19. The van der Waals surface area contributed by atoms with Gasteiger partial charge in [-0.25, -0.2) is 4.39 Å². The van der Waals surface area contributed by atoms with Crippen molar-refractivity contribution in [2.24, 2.45) is 4.99 Å². The quantitative estimate of drug-likeness (QED) is 0.791. The van der Waals surface area contributed by atoms with Gasteiger partial charge in [-0.15, -0.1) is 0 Å². The third kappa shape index (κ3) is 3.15. The molecule has 0 saturated carbocycles. The van der Waals surface area contributed by atoms with Crippen LogP contribution in [0.4, 0.5) is 10.1 Å². The summed E-state index contributed by atoms with van der Waals surface area (Å²) in [7, 11) is 3.18. The third-order valence-corrected chi connectivity index (χ3v) is 2.93. The van der Waals surface area contributed by atoms with Gasteiger partial charge in [0.25, 0.3) is 0 Å². The van der Waals surface area contributed by atoms with Gasteiger partial charge >= 0.3 is 0 Å². The lowest BCUT2D eigenvalue weighted by molar-refractivity contribution is 0.354. The molecule has 0 atom stereocenters. The second-order valence-corrected chi connectivity index (χ2v) is 4.30. The van der Waals surface area contributed by atoms with Gasteiger partial charge in [0.2, 0.25) is 0 Å². The molecule has 0 radical (unpaired) electrons. The van der Waals surface area contributed by atoms with Gasteiger partial charge in [-0.2, -0.15) is 0 Å². The Kier molecular flexibility index (Phi) is 4.35. The van der Waals surface area contributed by atoms with Crippen LogP contribution in [-0.2, 0) is 0 Å². The van der Waals surface area contributed by atoms with Crippen molar-refractivity contribution in [3.8, 4) is 11.5 Å². The molecule has 0 aliphatic carbocycles. The molecule has 0 aliphatic rings. The fourth-order valence-electron chi connectivity index (χ4n) is 1.84. The molecule has 2 aromatic rings. The first-order valence-corrected chi connectivity index (χ1v) is 6.16. The lowest BCUT2D eigenvalue weighted by atomic mass is 10.1. The number of aliphatic imine (C=N–C) groups is 1. The highest BCUT2D eigenvalue weighted by Gasteiger charge is 2.07. The molecule has 104 valence electrons. The number of benzene rings is 2. The molecule has 0 unspecified atom stereocenters. The van der Waals surface area contributed by atoms with Gasteiger partial charge in [-0.1, -0.05) is 6.07 Å². The van der Waals surface area contributed by atoms with Crippen molar-refractivity contribution in [1.82, 2.24) is 0 Å². The molecule has 0 bridgehead atoms. The summed E-state index contributed by atoms with van der Waals surface area (Å²) in [4.78, 5) is 4.27. The van der Waals surface area contributed by atoms with Gasteiger partial charge < -0.3 is 9.47 Å². The Labute approximate surface area is 117 Å². The number of halogens is 1. The molecule has 4 heteroatoms. The van der Waals surface area contributed by atoms with Crippen LogP contribution in [0.3, 0.4) is 0 Å². The zero-order valence-corrected chi connectivity index (χ0v) is 11.7. The van der Waals surface area contributed by atoms with E-state index in [-0.39, 0.29) is 5.82 Å². The Morgan fingerprint density at radius 3 is 2.40 bits per heavy atom. The lowest BCUT2D eigenvalue weighted by Crippen LogP contribution is -1.95. The fraction of sp³-hybridized carbons (Fsp3) is 0.188. The molecule has 0 saturated heterocycles. The van der Waals surface area contributed by atoms with Crippen molar-refractivity contribution in [2.75, 3.05) is 14.2 Å². The minimum Gasteiger partial charge on any atom is -0.493 e. The molecule has 0 N–H and O–H groups in total. The number of hydrogen-bond donors (Lipinski definition) is 0. The maximum atomic E-state index is 13.1. The van der Waals surface area contributed by atoms with E-state index in [0.29, 0.717) is 17.2 Å². The normalized spacial score (nSPS) is 10.8. The number of nitrogens with zero attached hydrogens (tertiary/aromatic N) is 1. The van der Waals surface area contributed by atoms with Crippen LogP contribution >= 0.6 is 0 Å². The molecule has 0 aliphatic heterocycles. The van der Waals surface area contributed by atoms with E-state index >= 15 is 0 Å². The monoisotopic (exact) mass is 273 g/mol. The lowest BCUT2D eigenvalue weighted by Gasteiger charge is -2.10. The summed E-state index contributed by atoms with van der Waals surface area (Å²) in [6.07, 6.45) is 1.69. The van der Waals surface area contributed by atoms with E-state index in [0.717, 1.165) is 11.1 Å². The van der Waals surface area contributed by atoms with E-state index in [1.165, 1.54) is 12.1 Å². The summed E-state index contributed by atoms with van der Waals surface area (Å²) >= 11 is 0. The molecule has 2 rings (SSSR count). The van der Waals surface area contributed by atoms with Gasteiger partial charge in [0.05, 0.1) is 19.9 Å². The topological polar surface area (TPSA) is 30.8 Å². The van der Waals surface area contributed by atoms with E-state index in [4.69, 9.17) is 9.47 Å². The fourth-order valence-corrected chi connectivity index (χ4v) is 1.84. The Bertz CT molecular complexity index is 638. The first kappa shape index (κ1) is 14.1. The van der Waals surface area contributed by atoms with Crippen LogP contribution in [-0.4, -0.2) is 20.4 Å². The molecule has 0 heterocycles. The van der Waals surface area contributed by atoms with Gasteiger partial charge in [-0.05, 0) is 48.4 Å². The summed E-state index contributed by atoms with van der Waals surface area (Å²) in [6, 6.07) is 9.87. The highest BCUT2D eigenvalue weighted by molar-refractivity contribution is 5.85. The second-order valence-electron chi connectivity index (χ2n) is 4.30. The first-order valence-electron chi connectivity index (χ1n) is 6.16. The van der Waals surface area contributed by atoms with Crippen molar-refractivity contribution in [1.29, 1.82) is 0 Å². The number of rotatable bonds is 4. The molecule has 3 nitrogen and oxygen atoms in total. The van der Waals surface area contributed by atoms with Gasteiger partial charge in [-0.3, -0.25) is 4.99 Å². The molecule has 20 heavy (non-hydrogen) atoms. The average Bonchev–Trinajstić information content (AvgIpc) is 2.45. The molecule has 0 aromatic heterocycles. The van der Waals surface area contributed by atoms with E-state index in [2.05, 4.69) is 4.99 Å². The van der Waals surface area contributed by atoms with Crippen LogP contribution in [0.2, 0.25) is 0 Å². The van der Waals surface area contributed by atoms with Gasteiger partial charge in [0, 0.05) is 6.21 Å². The Morgan fingerprint density at radius 2 is 1.75 bits per heavy atom. The van der Waals surface area contributed by atoms with Crippen molar-refractivity contribution >= 4 is 11.9 Å². The van der Waals surface area contributed by atoms with Crippen molar-refractivity contribution < 1.29 is 13.9 Å². The zero-order chi connectivity index (χ0) is 14.5. The molecule has 2 aromatic carbocycles. The van der Waals surface area contributed by atoms with Crippen LogP contribution in [0.5, 0.6) is 11.5 Å². The number of hydrogen-bond acceptors (Lipinski definition) is 3. The SMILES string of the molecule is COc1cc(C)c(C=Nc2cccc(F)c2)cc1OC. The highest BCUT2D eigenvalue weighted by atomic mass is 19.1. The Morgan fingerprint density at radius 1 is 1.05 bits per heavy atom.